The zero-order valence-electron chi connectivity index (χ0n) is 56.5. The molecule has 516 valence electrons. The fourth-order valence-corrected chi connectivity index (χ4v) is 11.8. The predicted octanol–water partition coefficient (Wildman–Crippen LogP) is 19.1. The Hall–Kier alpha value is -1.94. The third-order valence-electron chi connectivity index (χ3n) is 15.6. The molecule has 3 N–H and O–H groups in total. The summed E-state index contributed by atoms with van der Waals surface area (Å²) in [5.74, 6) is 0.155. The molecule has 0 amide bonds. The number of phosphoric ester groups is 2. The van der Waals surface area contributed by atoms with Crippen LogP contribution in [0.1, 0.15) is 337 Å². The number of carbonyl (C=O) groups is 4. The highest BCUT2D eigenvalue weighted by Crippen LogP contribution is 2.45. The predicted molar refractivity (Wildman–Crippen MR) is 349 cm³/mol. The highest BCUT2D eigenvalue weighted by atomic mass is 31.2. The van der Waals surface area contributed by atoms with Crippen LogP contribution in [-0.2, 0) is 65.4 Å². The first-order valence-electron chi connectivity index (χ1n) is 35.3. The number of aliphatic hydroxyl groups is 1. The van der Waals surface area contributed by atoms with Crippen LogP contribution in [-0.4, -0.2) is 96.7 Å². The molecule has 19 heteroatoms. The van der Waals surface area contributed by atoms with Crippen LogP contribution in [0.3, 0.4) is 0 Å². The molecule has 0 aromatic rings. The van der Waals surface area contributed by atoms with Crippen molar-refractivity contribution in [1.29, 1.82) is 0 Å². The molecular weight excluding hydrogens is 1150 g/mol. The van der Waals surface area contributed by atoms with Crippen LogP contribution < -0.4 is 0 Å². The maximum Gasteiger partial charge on any atom is 0.472 e. The van der Waals surface area contributed by atoms with Gasteiger partial charge in [-0.2, -0.15) is 0 Å². The van der Waals surface area contributed by atoms with E-state index >= 15 is 0 Å². The number of ether oxygens (including phenoxy) is 4. The number of unbranched alkanes of at least 4 members (excludes halogenated alkanes) is 34. The smallest absolute Gasteiger partial charge is 0.462 e. The fourth-order valence-electron chi connectivity index (χ4n) is 10.2. The molecule has 0 bridgehead atoms. The Morgan fingerprint density at radius 3 is 0.782 bits per heavy atom. The highest BCUT2D eigenvalue weighted by Gasteiger charge is 2.30. The summed E-state index contributed by atoms with van der Waals surface area (Å²) >= 11 is 0. The second-order valence-electron chi connectivity index (χ2n) is 26.0. The lowest BCUT2D eigenvalue weighted by Gasteiger charge is -2.21. The van der Waals surface area contributed by atoms with Gasteiger partial charge in [0.1, 0.15) is 19.3 Å². The second-order valence-corrected chi connectivity index (χ2v) is 28.9. The normalized spacial score (nSPS) is 14.3. The maximum absolute atomic E-state index is 13.0. The minimum Gasteiger partial charge on any atom is -0.462 e. The first-order chi connectivity index (χ1) is 41.7. The van der Waals surface area contributed by atoms with Crippen LogP contribution in [0.2, 0.25) is 0 Å². The van der Waals surface area contributed by atoms with Crippen molar-refractivity contribution in [2.45, 2.75) is 356 Å². The number of carbonyl (C=O) groups excluding carboxylic acids is 4. The maximum atomic E-state index is 13.0. The zero-order valence-corrected chi connectivity index (χ0v) is 58.3. The van der Waals surface area contributed by atoms with Gasteiger partial charge >= 0.3 is 39.5 Å². The summed E-state index contributed by atoms with van der Waals surface area (Å²) in [6, 6.07) is 0. The second kappa shape index (κ2) is 59.1. The Labute approximate surface area is 530 Å². The number of phosphoric acid groups is 2. The quantitative estimate of drug-likeness (QED) is 0.0222. The summed E-state index contributed by atoms with van der Waals surface area (Å²) in [5, 5.41) is 10.5. The van der Waals surface area contributed by atoms with Crippen molar-refractivity contribution in [2.24, 2.45) is 17.8 Å². The van der Waals surface area contributed by atoms with E-state index in [4.69, 9.17) is 37.0 Å². The molecular formula is C68H132O17P2. The van der Waals surface area contributed by atoms with Gasteiger partial charge in [0.05, 0.1) is 26.4 Å². The fraction of sp³-hybridized carbons (Fsp3) is 0.941. The van der Waals surface area contributed by atoms with E-state index in [0.717, 1.165) is 114 Å². The van der Waals surface area contributed by atoms with E-state index in [2.05, 4.69) is 48.5 Å². The molecule has 0 radical (unpaired) electrons. The molecule has 0 fully saturated rings. The first kappa shape index (κ1) is 85.1. The van der Waals surface area contributed by atoms with Crippen LogP contribution in [0.15, 0.2) is 0 Å². The van der Waals surface area contributed by atoms with E-state index < -0.39 is 97.5 Å². The third kappa shape index (κ3) is 62.6. The molecule has 17 nitrogen and oxygen atoms in total. The van der Waals surface area contributed by atoms with Crippen molar-refractivity contribution in [2.75, 3.05) is 39.6 Å². The standard InChI is InChI=1S/C68H132O17P2/c1-8-9-10-32-42-49-65(70)78-55-63(84-68(73)52-45-38-31-25-19-22-28-35-41-48-61(6)7)57-82-86(74,75)80-53-62(69)54-81-87(76,77)83-58-64(56-79-66(71)50-43-36-29-23-18-14-16-21-27-34-40-47-60(4)5)85-67(72)51-44-37-30-24-17-13-11-12-15-20-26-33-39-46-59(2)3/h59-64,69H,8-58H2,1-7H3,(H,74,75)(H,76,77)/t62-,63+,64+/m0/s1. The molecule has 0 heterocycles. The lowest BCUT2D eigenvalue weighted by molar-refractivity contribution is -0.161. The van der Waals surface area contributed by atoms with Gasteiger partial charge in [0.25, 0.3) is 0 Å². The van der Waals surface area contributed by atoms with Crippen molar-refractivity contribution in [3.05, 3.63) is 0 Å². The summed E-state index contributed by atoms with van der Waals surface area (Å²) in [7, 11) is -9.89. The monoisotopic (exact) mass is 1280 g/mol. The average molecular weight is 1280 g/mol. The number of aliphatic hydroxyl groups excluding tert-OH is 1. The topological polar surface area (TPSA) is 237 Å². The molecule has 0 aliphatic heterocycles. The zero-order chi connectivity index (χ0) is 64.5. The molecule has 0 aliphatic rings. The van der Waals surface area contributed by atoms with Gasteiger partial charge in [-0.25, -0.2) is 9.13 Å². The Morgan fingerprint density at radius 2 is 0.529 bits per heavy atom. The van der Waals surface area contributed by atoms with E-state index in [-0.39, 0.29) is 25.7 Å². The summed E-state index contributed by atoms with van der Waals surface area (Å²) in [6.07, 6.45) is 42.0. The molecule has 0 aliphatic carbocycles. The molecule has 0 rings (SSSR count). The first-order valence-corrected chi connectivity index (χ1v) is 38.3. The molecule has 0 saturated heterocycles. The Bertz CT molecular complexity index is 1720. The van der Waals surface area contributed by atoms with Gasteiger partial charge in [-0.3, -0.25) is 37.3 Å². The van der Waals surface area contributed by atoms with Gasteiger partial charge in [-0.15, -0.1) is 0 Å². The highest BCUT2D eigenvalue weighted by molar-refractivity contribution is 7.47. The summed E-state index contributed by atoms with van der Waals surface area (Å²) in [6.45, 7) is 11.7. The average Bonchev–Trinajstić information content (AvgIpc) is 3.69. The van der Waals surface area contributed by atoms with Crippen LogP contribution in [0.4, 0.5) is 0 Å². The molecule has 5 atom stereocenters. The SMILES string of the molecule is CCCCCCCC(=O)OC[C@H](COP(=O)(O)OC[C@H](O)COP(=O)(O)OC[C@@H](COC(=O)CCCCCCCCCCCCCC(C)C)OC(=O)CCCCCCCCCCCCCCCC(C)C)OC(=O)CCCCCCCCCCCC(C)C. The van der Waals surface area contributed by atoms with Crippen LogP contribution in [0.25, 0.3) is 0 Å². The largest absolute Gasteiger partial charge is 0.472 e. The van der Waals surface area contributed by atoms with Gasteiger partial charge in [-0.1, -0.05) is 286 Å². The van der Waals surface area contributed by atoms with Crippen LogP contribution in [0.5, 0.6) is 0 Å². The number of hydrogen-bond acceptors (Lipinski definition) is 15. The molecule has 0 aromatic carbocycles. The van der Waals surface area contributed by atoms with Crippen molar-refractivity contribution >= 4 is 39.5 Å². The third-order valence-corrected chi connectivity index (χ3v) is 17.5. The summed E-state index contributed by atoms with van der Waals surface area (Å²) in [5.41, 5.74) is 0. The van der Waals surface area contributed by atoms with E-state index in [1.165, 1.54) is 141 Å². The van der Waals surface area contributed by atoms with Crippen molar-refractivity contribution in [3.8, 4) is 0 Å². The van der Waals surface area contributed by atoms with Gasteiger partial charge in [0, 0.05) is 25.7 Å². The molecule has 2 unspecified atom stereocenters. The number of esters is 4. The molecule has 0 saturated carbocycles. The lowest BCUT2D eigenvalue weighted by Crippen LogP contribution is -2.30. The van der Waals surface area contributed by atoms with Gasteiger partial charge in [0.2, 0.25) is 0 Å². The van der Waals surface area contributed by atoms with Crippen molar-refractivity contribution < 1.29 is 80.2 Å². The van der Waals surface area contributed by atoms with Crippen molar-refractivity contribution in [1.82, 2.24) is 0 Å². The number of rotatable bonds is 66. The molecule has 0 spiro atoms. The van der Waals surface area contributed by atoms with Crippen molar-refractivity contribution in [3.63, 3.8) is 0 Å². The molecule has 87 heavy (non-hydrogen) atoms. The minimum atomic E-state index is -4.95. The summed E-state index contributed by atoms with van der Waals surface area (Å²) < 4.78 is 68.0. The Kier molecular flexibility index (Phi) is 57.8. The number of hydrogen-bond donors (Lipinski definition) is 3. The lowest BCUT2D eigenvalue weighted by atomic mass is 10.0. The summed E-state index contributed by atoms with van der Waals surface area (Å²) in [4.78, 5) is 72.2. The Balaban J connectivity index is 5.17. The van der Waals surface area contributed by atoms with Crippen LogP contribution >= 0.6 is 15.6 Å². The van der Waals surface area contributed by atoms with E-state index in [9.17, 15) is 43.2 Å². The van der Waals surface area contributed by atoms with Gasteiger partial charge in [0.15, 0.2) is 12.2 Å². The van der Waals surface area contributed by atoms with E-state index in [1.54, 1.807) is 0 Å². The molecule has 0 aromatic heterocycles. The van der Waals surface area contributed by atoms with Gasteiger partial charge in [-0.05, 0) is 43.4 Å². The van der Waals surface area contributed by atoms with E-state index in [1.807, 2.05) is 0 Å². The minimum absolute atomic E-state index is 0.104. The van der Waals surface area contributed by atoms with Crippen LogP contribution in [0, 0.1) is 17.8 Å². The Morgan fingerprint density at radius 1 is 0.310 bits per heavy atom. The van der Waals surface area contributed by atoms with E-state index in [0.29, 0.717) is 25.7 Å². The van der Waals surface area contributed by atoms with Gasteiger partial charge < -0.3 is 33.8 Å².